The van der Waals surface area contributed by atoms with Gasteiger partial charge in [0, 0.05) is 18.0 Å². The van der Waals surface area contributed by atoms with Gasteiger partial charge in [0.1, 0.15) is 0 Å². The Balaban J connectivity index is 2.48. The summed E-state index contributed by atoms with van der Waals surface area (Å²) in [6.45, 7) is 7.80. The number of nitrogen functional groups attached to an aromatic ring is 1. The molecule has 0 saturated carbocycles. The van der Waals surface area contributed by atoms with Crippen LogP contribution >= 0.6 is 11.3 Å². The molecular weight excluding hydrogens is 234 g/mol. The first kappa shape index (κ1) is 11.9. The van der Waals surface area contributed by atoms with Gasteiger partial charge in [-0.2, -0.15) is 0 Å². The van der Waals surface area contributed by atoms with Gasteiger partial charge in [-0.15, -0.1) is 21.5 Å². The molecule has 0 aliphatic carbocycles. The fourth-order valence-electron chi connectivity index (χ4n) is 1.80. The van der Waals surface area contributed by atoms with Crippen molar-refractivity contribution in [1.82, 2.24) is 14.8 Å². The monoisotopic (exact) mass is 251 g/mol. The minimum absolute atomic E-state index is 0.799. The first-order valence-corrected chi connectivity index (χ1v) is 6.52. The lowest BCUT2D eigenvalue weighted by molar-refractivity contribution is 0.771. The zero-order valence-electron chi connectivity index (χ0n) is 10.3. The lowest BCUT2D eigenvalue weighted by Gasteiger charge is -2.07. The molecule has 92 valence electrons. The van der Waals surface area contributed by atoms with Crippen LogP contribution in [-0.2, 0) is 6.54 Å². The molecule has 0 bridgehead atoms. The standard InChI is InChI=1S/C11H17N5S/c1-4-13-11-15-14-10(16(11)5-2)8-6-7(3)17-9(8)12/h6H,4-5,12H2,1-3H3,(H,13,15). The second-order valence-electron chi connectivity index (χ2n) is 3.76. The van der Waals surface area contributed by atoms with Crippen LogP contribution in [0.25, 0.3) is 11.4 Å². The number of anilines is 2. The Bertz CT molecular complexity index is 514. The van der Waals surface area contributed by atoms with Crippen molar-refractivity contribution in [3.8, 4) is 11.4 Å². The summed E-state index contributed by atoms with van der Waals surface area (Å²) in [7, 11) is 0. The van der Waals surface area contributed by atoms with E-state index >= 15 is 0 Å². The van der Waals surface area contributed by atoms with Crippen molar-refractivity contribution in [3.63, 3.8) is 0 Å². The Labute approximate surface area is 105 Å². The van der Waals surface area contributed by atoms with Crippen molar-refractivity contribution in [2.24, 2.45) is 0 Å². The van der Waals surface area contributed by atoms with Crippen LogP contribution in [0.4, 0.5) is 10.9 Å². The summed E-state index contributed by atoms with van der Waals surface area (Å²) < 4.78 is 2.04. The molecule has 5 nitrogen and oxygen atoms in total. The van der Waals surface area contributed by atoms with Gasteiger partial charge in [0.15, 0.2) is 5.82 Å². The predicted octanol–water partition coefficient (Wildman–Crippen LogP) is 2.35. The number of hydrogen-bond donors (Lipinski definition) is 2. The molecule has 0 aliphatic heterocycles. The molecule has 2 aromatic heterocycles. The second-order valence-corrected chi connectivity index (χ2v) is 5.04. The van der Waals surface area contributed by atoms with Crippen molar-refractivity contribution in [2.45, 2.75) is 27.3 Å². The summed E-state index contributed by atoms with van der Waals surface area (Å²) in [6.07, 6.45) is 0. The highest BCUT2D eigenvalue weighted by Gasteiger charge is 2.15. The van der Waals surface area contributed by atoms with Crippen molar-refractivity contribution in [2.75, 3.05) is 17.6 Å². The highest BCUT2D eigenvalue weighted by molar-refractivity contribution is 7.16. The fourth-order valence-corrected chi connectivity index (χ4v) is 2.58. The van der Waals surface area contributed by atoms with Crippen LogP contribution in [0.2, 0.25) is 0 Å². The molecule has 0 aliphatic rings. The molecule has 0 amide bonds. The third kappa shape index (κ3) is 2.12. The van der Waals surface area contributed by atoms with Crippen LogP contribution < -0.4 is 11.1 Å². The smallest absolute Gasteiger partial charge is 0.224 e. The number of nitrogens with two attached hydrogens (primary N) is 1. The van der Waals surface area contributed by atoms with Crippen molar-refractivity contribution >= 4 is 22.3 Å². The molecule has 2 aromatic rings. The van der Waals surface area contributed by atoms with E-state index in [-0.39, 0.29) is 0 Å². The number of hydrogen-bond acceptors (Lipinski definition) is 5. The minimum Gasteiger partial charge on any atom is -0.390 e. The van der Waals surface area contributed by atoms with Crippen LogP contribution in [0.1, 0.15) is 18.7 Å². The van der Waals surface area contributed by atoms with Gasteiger partial charge < -0.3 is 11.1 Å². The van der Waals surface area contributed by atoms with Gasteiger partial charge in [-0.3, -0.25) is 4.57 Å². The van der Waals surface area contributed by atoms with Crippen LogP contribution in [0.3, 0.4) is 0 Å². The van der Waals surface area contributed by atoms with Crippen molar-refractivity contribution in [3.05, 3.63) is 10.9 Å². The number of nitrogens with zero attached hydrogens (tertiary/aromatic N) is 3. The first-order valence-electron chi connectivity index (χ1n) is 5.70. The summed E-state index contributed by atoms with van der Waals surface area (Å²) >= 11 is 1.58. The van der Waals surface area contributed by atoms with Gasteiger partial charge in [0.05, 0.1) is 10.6 Å². The highest BCUT2D eigenvalue weighted by atomic mass is 32.1. The molecule has 0 spiro atoms. The summed E-state index contributed by atoms with van der Waals surface area (Å²) in [5, 5.41) is 12.4. The molecule has 6 heteroatoms. The van der Waals surface area contributed by atoms with Gasteiger partial charge in [-0.25, -0.2) is 0 Å². The molecule has 0 atom stereocenters. The van der Waals surface area contributed by atoms with E-state index in [1.165, 1.54) is 4.88 Å². The Morgan fingerprint density at radius 1 is 1.41 bits per heavy atom. The van der Waals surface area contributed by atoms with Crippen LogP contribution in [0.5, 0.6) is 0 Å². The molecule has 0 unspecified atom stereocenters. The summed E-state index contributed by atoms with van der Waals surface area (Å²) in [5.74, 6) is 1.64. The Morgan fingerprint density at radius 3 is 2.71 bits per heavy atom. The third-order valence-electron chi connectivity index (χ3n) is 2.53. The first-order chi connectivity index (χ1) is 8.17. The maximum atomic E-state index is 6.00. The zero-order chi connectivity index (χ0) is 12.4. The topological polar surface area (TPSA) is 68.8 Å². The van der Waals surface area contributed by atoms with Crippen molar-refractivity contribution in [1.29, 1.82) is 0 Å². The highest BCUT2D eigenvalue weighted by Crippen LogP contribution is 2.33. The predicted molar refractivity (Wildman–Crippen MR) is 72.3 cm³/mol. The molecule has 0 fully saturated rings. The van der Waals surface area contributed by atoms with E-state index in [9.17, 15) is 0 Å². The number of aryl methyl sites for hydroxylation is 1. The quantitative estimate of drug-likeness (QED) is 0.875. The molecule has 3 N–H and O–H groups in total. The Hall–Kier alpha value is -1.56. The van der Waals surface area contributed by atoms with E-state index in [1.807, 2.05) is 18.4 Å². The van der Waals surface area contributed by atoms with E-state index in [0.29, 0.717) is 0 Å². The minimum atomic E-state index is 0.799. The summed E-state index contributed by atoms with van der Waals surface area (Å²) in [6, 6.07) is 2.06. The maximum absolute atomic E-state index is 6.00. The SMILES string of the molecule is CCNc1nnc(-c2cc(C)sc2N)n1CC. The van der Waals surface area contributed by atoms with Crippen LogP contribution in [0, 0.1) is 6.92 Å². The number of aromatic nitrogens is 3. The van der Waals surface area contributed by atoms with Crippen LogP contribution in [-0.4, -0.2) is 21.3 Å². The molecule has 17 heavy (non-hydrogen) atoms. The van der Waals surface area contributed by atoms with E-state index in [1.54, 1.807) is 11.3 Å². The van der Waals surface area contributed by atoms with Crippen molar-refractivity contribution < 1.29 is 0 Å². The number of rotatable bonds is 4. The van der Waals surface area contributed by atoms with Gasteiger partial charge in [-0.1, -0.05) is 0 Å². The molecule has 2 rings (SSSR count). The second kappa shape index (κ2) is 4.75. The summed E-state index contributed by atoms with van der Waals surface area (Å²) in [4.78, 5) is 1.19. The normalized spacial score (nSPS) is 10.8. The third-order valence-corrected chi connectivity index (χ3v) is 3.41. The Morgan fingerprint density at radius 2 is 2.18 bits per heavy atom. The molecular formula is C11H17N5S. The van der Waals surface area contributed by atoms with E-state index in [4.69, 9.17) is 5.73 Å². The van der Waals surface area contributed by atoms with Gasteiger partial charge in [0.2, 0.25) is 5.95 Å². The lowest BCUT2D eigenvalue weighted by atomic mass is 10.3. The molecule has 0 radical (unpaired) electrons. The average molecular weight is 251 g/mol. The van der Waals surface area contributed by atoms with Gasteiger partial charge in [-0.05, 0) is 26.8 Å². The number of thiophene rings is 1. The summed E-state index contributed by atoms with van der Waals surface area (Å²) in [5.41, 5.74) is 6.98. The fraction of sp³-hybridized carbons (Fsp3) is 0.455. The lowest BCUT2D eigenvalue weighted by Crippen LogP contribution is -2.07. The molecule has 0 saturated heterocycles. The van der Waals surface area contributed by atoms with E-state index in [2.05, 4.69) is 28.5 Å². The average Bonchev–Trinajstić information content (AvgIpc) is 2.82. The zero-order valence-corrected chi connectivity index (χ0v) is 11.1. The number of nitrogens with one attached hydrogen (secondary N) is 1. The van der Waals surface area contributed by atoms with E-state index < -0.39 is 0 Å². The van der Waals surface area contributed by atoms with Crippen LogP contribution in [0.15, 0.2) is 6.07 Å². The Kier molecular flexibility index (Phi) is 3.33. The van der Waals surface area contributed by atoms with E-state index in [0.717, 1.165) is 35.4 Å². The molecule has 2 heterocycles. The van der Waals surface area contributed by atoms with Gasteiger partial charge >= 0.3 is 0 Å². The largest absolute Gasteiger partial charge is 0.390 e. The maximum Gasteiger partial charge on any atom is 0.224 e. The molecule has 0 aromatic carbocycles. The van der Waals surface area contributed by atoms with Gasteiger partial charge in [0.25, 0.3) is 0 Å².